The van der Waals surface area contributed by atoms with Gasteiger partial charge in [-0.1, -0.05) is 92.1 Å². The van der Waals surface area contributed by atoms with Crippen LogP contribution in [0.1, 0.15) is 116 Å². The Hall–Kier alpha value is -1.41. The number of rotatable bonds is 4. The molecule has 1 atom stereocenters. The topological polar surface area (TPSA) is 27.6 Å². The average Bonchev–Trinajstić information content (AvgIpc) is 2.62. The molecule has 0 aliphatic heterocycles. The number of nitrogens with one attached hydrogen (secondary N) is 1. The van der Waals surface area contributed by atoms with Gasteiger partial charge in [0.15, 0.2) is 0 Å². The zero-order valence-corrected chi connectivity index (χ0v) is 28.0. The Labute approximate surface area is 230 Å². The predicted octanol–water partition coefficient (Wildman–Crippen LogP) is 9.44. The summed E-state index contributed by atoms with van der Waals surface area (Å²) in [6.07, 6.45) is 0. The molecule has 2 aromatic rings. The molecule has 208 valence electrons. The maximum absolute atomic E-state index is 5.98. The van der Waals surface area contributed by atoms with Crippen molar-refractivity contribution in [1.29, 1.82) is 0 Å². The lowest BCUT2D eigenvalue weighted by molar-refractivity contribution is 0.507. The Morgan fingerprint density at radius 2 is 1.05 bits per heavy atom. The van der Waals surface area contributed by atoms with Crippen LogP contribution >= 0.6 is 7.36 Å². The lowest BCUT2D eigenvalue weighted by Gasteiger charge is -2.41. The Balaban J connectivity index is 3.31. The summed E-state index contributed by atoms with van der Waals surface area (Å²) in [5, 5.41) is 5.45. The lowest BCUT2D eigenvalue weighted by Crippen LogP contribution is -2.42. The van der Waals surface area contributed by atoms with Crippen LogP contribution in [0, 0.1) is 20.8 Å². The van der Waals surface area contributed by atoms with Gasteiger partial charge < -0.3 is 0 Å². The van der Waals surface area contributed by atoms with Crippen molar-refractivity contribution in [2.75, 3.05) is 14.1 Å². The van der Waals surface area contributed by atoms with Gasteiger partial charge in [-0.15, -0.1) is 0 Å². The Kier molecular flexibility index (Phi) is 8.84. The first-order chi connectivity index (χ1) is 16.4. The fourth-order valence-electron chi connectivity index (χ4n) is 5.12. The van der Waals surface area contributed by atoms with Crippen LogP contribution in [0.25, 0.3) is 0 Å². The number of hydrogen-bond donors (Lipinski definition) is 1. The van der Waals surface area contributed by atoms with Gasteiger partial charge in [0.2, 0.25) is 0 Å². The molecule has 0 saturated heterocycles. The van der Waals surface area contributed by atoms with E-state index < -0.39 is 7.36 Å². The summed E-state index contributed by atoms with van der Waals surface area (Å²) in [5.41, 5.74) is 8.92. The number of benzene rings is 2. The second-order valence-corrected chi connectivity index (χ2v) is 18.2. The summed E-state index contributed by atoms with van der Waals surface area (Å²) >= 11 is 0. The average molecular weight is 526 g/mol. The summed E-state index contributed by atoms with van der Waals surface area (Å²) in [6, 6.07) is 9.51. The van der Waals surface area contributed by atoms with Gasteiger partial charge in [0.1, 0.15) is 7.36 Å². The van der Waals surface area contributed by atoms with Crippen LogP contribution in [0.4, 0.5) is 5.69 Å². The maximum atomic E-state index is 5.98. The summed E-state index contributed by atoms with van der Waals surface area (Å²) in [4.78, 5) is 0. The Morgan fingerprint density at radius 1 is 0.649 bits per heavy atom. The molecule has 2 aromatic carbocycles. The molecule has 3 nitrogen and oxygen atoms in total. The number of hydrogen-bond acceptors (Lipinski definition) is 1. The predicted molar refractivity (Wildman–Crippen MR) is 168 cm³/mol. The largest absolute Gasteiger partial charge is 0.263 e. The molecule has 0 aromatic heterocycles. The van der Waals surface area contributed by atoms with E-state index in [1.165, 1.54) is 38.7 Å². The van der Waals surface area contributed by atoms with E-state index in [0.29, 0.717) is 0 Å². The highest BCUT2D eigenvalue weighted by Gasteiger charge is 2.36. The SMILES string of the molecule is Cc1cc(C)c([P@@](=Nc2c(C(C)(C)C)cc(C(C)(C)C)cc2C(C)(C)C)(NC(C)(C)C)N(C)C)c(C)c1. The van der Waals surface area contributed by atoms with E-state index >= 15 is 0 Å². The highest BCUT2D eigenvalue weighted by Crippen LogP contribution is 2.55. The van der Waals surface area contributed by atoms with Crippen molar-refractivity contribution in [3.8, 4) is 0 Å². The molecule has 0 saturated carbocycles. The molecule has 1 N–H and O–H groups in total. The minimum Gasteiger partial charge on any atom is -0.263 e. The zero-order valence-electron chi connectivity index (χ0n) is 27.2. The maximum Gasteiger partial charge on any atom is 0.130 e. The van der Waals surface area contributed by atoms with Crippen LogP contribution in [0.3, 0.4) is 0 Å². The van der Waals surface area contributed by atoms with Gasteiger partial charge >= 0.3 is 0 Å². The molecule has 2 rings (SSSR count). The molecule has 0 fully saturated rings. The van der Waals surface area contributed by atoms with Crippen LogP contribution in [-0.2, 0) is 16.2 Å². The van der Waals surface area contributed by atoms with Crippen LogP contribution in [0.2, 0.25) is 0 Å². The third-order valence-corrected chi connectivity index (χ3v) is 10.8. The van der Waals surface area contributed by atoms with Crippen LogP contribution in [0.15, 0.2) is 29.0 Å². The van der Waals surface area contributed by atoms with Gasteiger partial charge in [0, 0.05) is 10.8 Å². The molecule has 0 heterocycles. The molecule has 4 heteroatoms. The first-order valence-electron chi connectivity index (χ1n) is 13.8. The monoisotopic (exact) mass is 525 g/mol. The number of nitrogens with zero attached hydrogens (tertiary/aromatic N) is 2. The van der Waals surface area contributed by atoms with Gasteiger partial charge in [-0.2, -0.15) is 0 Å². The second kappa shape index (κ2) is 10.3. The Morgan fingerprint density at radius 3 is 1.35 bits per heavy atom. The van der Waals surface area contributed by atoms with Crippen molar-refractivity contribution >= 4 is 18.3 Å². The van der Waals surface area contributed by atoms with E-state index in [1.807, 2.05) is 0 Å². The van der Waals surface area contributed by atoms with Gasteiger partial charge in [0.25, 0.3) is 0 Å². The van der Waals surface area contributed by atoms with Crippen molar-refractivity contribution < 1.29 is 0 Å². The van der Waals surface area contributed by atoms with Crippen LogP contribution in [-0.4, -0.2) is 24.3 Å². The van der Waals surface area contributed by atoms with Crippen LogP contribution in [0.5, 0.6) is 0 Å². The standard InChI is InChI=1S/C33H56N3P/c1-22-18-23(2)29(24(3)19-22)37(36(16)17,35-33(13,14)15)34-28-26(31(7,8)9)20-25(30(4,5)6)21-27(28)32(10,11)12/h18-21,35H,1-17H3/t37-/m1/s1. The molecular formula is C33H56N3P. The third kappa shape index (κ3) is 7.17. The van der Waals surface area contributed by atoms with E-state index in [-0.39, 0.29) is 21.8 Å². The highest BCUT2D eigenvalue weighted by molar-refractivity contribution is 7.70. The molecule has 0 aliphatic rings. The van der Waals surface area contributed by atoms with Crippen molar-refractivity contribution in [2.24, 2.45) is 4.74 Å². The molecule has 0 bridgehead atoms. The van der Waals surface area contributed by atoms with Gasteiger partial charge in [0.05, 0.1) is 5.69 Å². The second-order valence-electron chi connectivity index (χ2n) is 15.3. The fraction of sp³-hybridized carbons (Fsp3) is 0.636. The minimum absolute atomic E-state index is 0.0544. The molecule has 0 amide bonds. The smallest absolute Gasteiger partial charge is 0.130 e. The number of aryl methyl sites for hydroxylation is 3. The first kappa shape index (κ1) is 31.8. The Bertz CT molecular complexity index is 1130. The highest BCUT2D eigenvalue weighted by atomic mass is 31.2. The van der Waals surface area contributed by atoms with Crippen molar-refractivity contribution in [3.63, 3.8) is 0 Å². The van der Waals surface area contributed by atoms with Crippen molar-refractivity contribution in [1.82, 2.24) is 9.76 Å². The molecule has 37 heavy (non-hydrogen) atoms. The van der Waals surface area contributed by atoms with E-state index in [0.717, 1.165) is 5.69 Å². The van der Waals surface area contributed by atoms with Crippen LogP contribution < -0.4 is 10.4 Å². The van der Waals surface area contributed by atoms with Gasteiger partial charge in [-0.3, -0.25) is 9.76 Å². The summed E-state index contributed by atoms with van der Waals surface area (Å²) in [6.45, 7) is 34.4. The minimum atomic E-state index is -2.40. The molecule has 0 aliphatic carbocycles. The molecule has 0 spiro atoms. The molecule has 0 radical (unpaired) electrons. The van der Waals surface area contributed by atoms with Crippen molar-refractivity contribution in [2.45, 2.75) is 126 Å². The summed E-state index contributed by atoms with van der Waals surface area (Å²) in [5.74, 6) is 0. The van der Waals surface area contributed by atoms with E-state index in [1.54, 1.807) is 0 Å². The van der Waals surface area contributed by atoms with E-state index in [4.69, 9.17) is 4.74 Å². The van der Waals surface area contributed by atoms with Gasteiger partial charge in [-0.25, -0.2) is 4.74 Å². The fourth-order valence-corrected chi connectivity index (χ4v) is 8.71. The lowest BCUT2D eigenvalue weighted by atomic mass is 9.74. The first-order valence-corrected chi connectivity index (χ1v) is 15.5. The van der Waals surface area contributed by atoms with E-state index in [9.17, 15) is 0 Å². The quantitative estimate of drug-likeness (QED) is 0.403. The molecular weight excluding hydrogens is 469 g/mol. The molecule has 0 unspecified atom stereocenters. The summed E-state index contributed by atoms with van der Waals surface area (Å²) in [7, 11) is 2.00. The normalized spacial score (nSPS) is 15.2. The zero-order chi connectivity index (χ0) is 28.9. The van der Waals surface area contributed by atoms with Gasteiger partial charge in [-0.05, 0) is 99.7 Å². The van der Waals surface area contributed by atoms with E-state index in [2.05, 4.69) is 152 Å². The van der Waals surface area contributed by atoms with Crippen molar-refractivity contribution in [3.05, 3.63) is 57.6 Å². The summed E-state index contributed by atoms with van der Waals surface area (Å²) < 4.78 is 8.35. The third-order valence-electron chi connectivity index (χ3n) is 6.85.